The summed E-state index contributed by atoms with van der Waals surface area (Å²) < 4.78 is 20.5. The summed E-state index contributed by atoms with van der Waals surface area (Å²) in [5.41, 5.74) is 0.704. The summed E-state index contributed by atoms with van der Waals surface area (Å²) >= 11 is 6.30. The minimum Gasteiger partial charge on any atom is -0.492 e. The van der Waals surface area contributed by atoms with Crippen LogP contribution < -0.4 is 14.5 Å². The maximum atomic E-state index is 14.8. The van der Waals surface area contributed by atoms with Gasteiger partial charge in [0.05, 0.1) is 17.9 Å². The molecule has 0 saturated carbocycles. The van der Waals surface area contributed by atoms with Gasteiger partial charge in [0, 0.05) is 49.0 Å². The highest BCUT2D eigenvalue weighted by molar-refractivity contribution is 6.31. The van der Waals surface area contributed by atoms with Crippen molar-refractivity contribution in [1.82, 2.24) is 9.88 Å². The van der Waals surface area contributed by atoms with Crippen LogP contribution in [0.3, 0.4) is 0 Å². The molecule has 3 amide bonds. The lowest BCUT2D eigenvalue weighted by atomic mass is 10.1. The predicted molar refractivity (Wildman–Crippen MR) is 150 cm³/mol. The lowest BCUT2D eigenvalue weighted by Gasteiger charge is -2.24. The number of carboxylic acid groups (broad SMARTS) is 1. The summed E-state index contributed by atoms with van der Waals surface area (Å²) in [5, 5.41) is 9.79. The molecule has 1 aromatic heterocycles. The number of rotatable bonds is 11. The maximum absolute atomic E-state index is 14.8. The molecule has 1 saturated heterocycles. The highest BCUT2D eigenvalue weighted by atomic mass is 35.5. The van der Waals surface area contributed by atoms with Crippen molar-refractivity contribution < 1.29 is 28.6 Å². The average Bonchev–Trinajstić information content (AvgIpc) is 3.49. The van der Waals surface area contributed by atoms with Gasteiger partial charge in [-0.25, -0.2) is 9.18 Å². The monoisotopic (exact) mass is 568 g/mol. The van der Waals surface area contributed by atoms with E-state index >= 15 is 0 Å². The topological polar surface area (TPSA) is 103 Å². The molecule has 1 fully saturated rings. The zero-order valence-corrected chi connectivity index (χ0v) is 22.6. The average molecular weight is 569 g/mol. The number of hydrogen-bond donors (Lipinski definition) is 1. The second-order valence-corrected chi connectivity index (χ2v) is 9.70. The molecular formula is C29H30ClFN4O5. The summed E-state index contributed by atoms with van der Waals surface area (Å²) in [6.07, 6.45) is 4.42. The zero-order valence-electron chi connectivity index (χ0n) is 21.8. The molecule has 1 N–H and O–H groups in total. The number of benzene rings is 2. The first-order valence-electron chi connectivity index (χ1n) is 13.0. The second-order valence-electron chi connectivity index (χ2n) is 9.26. The molecule has 3 aromatic rings. The van der Waals surface area contributed by atoms with E-state index in [1.807, 2.05) is 4.90 Å². The van der Waals surface area contributed by atoms with Gasteiger partial charge in [0.1, 0.15) is 18.2 Å². The van der Waals surface area contributed by atoms with Gasteiger partial charge < -0.3 is 19.6 Å². The van der Waals surface area contributed by atoms with Gasteiger partial charge in [-0.2, -0.15) is 0 Å². The number of amides is 3. The summed E-state index contributed by atoms with van der Waals surface area (Å²) in [6, 6.07) is 13.5. The zero-order chi connectivity index (χ0) is 28.5. The van der Waals surface area contributed by atoms with Crippen molar-refractivity contribution in [3.05, 3.63) is 83.4 Å². The van der Waals surface area contributed by atoms with Crippen LogP contribution in [0.4, 0.5) is 20.6 Å². The van der Waals surface area contributed by atoms with E-state index in [2.05, 4.69) is 4.98 Å². The molecule has 2 aromatic carbocycles. The highest BCUT2D eigenvalue weighted by Crippen LogP contribution is 2.26. The normalized spacial score (nSPS) is 12.7. The lowest BCUT2D eigenvalue weighted by molar-refractivity contribution is -0.130. The van der Waals surface area contributed by atoms with E-state index in [1.54, 1.807) is 18.2 Å². The summed E-state index contributed by atoms with van der Waals surface area (Å²) in [4.78, 5) is 46.0. The van der Waals surface area contributed by atoms with E-state index in [9.17, 15) is 23.9 Å². The van der Waals surface area contributed by atoms with Gasteiger partial charge in [-0.1, -0.05) is 23.7 Å². The molecule has 4 rings (SSSR count). The molecule has 2 heterocycles. The third-order valence-corrected chi connectivity index (χ3v) is 6.74. The number of likely N-dealkylation sites (tertiary alicyclic amines) is 1. The molecule has 11 heteroatoms. The molecular weight excluding hydrogens is 539 g/mol. The molecule has 40 heavy (non-hydrogen) atoms. The Morgan fingerprint density at radius 2 is 1.73 bits per heavy atom. The number of nitrogens with zero attached hydrogens (tertiary/aromatic N) is 4. The van der Waals surface area contributed by atoms with Crippen molar-refractivity contribution in [3.63, 3.8) is 0 Å². The standard InChI is InChI=1S/C29H30ClFN4O5/c30-22-18-21(19-24(20-22)40-17-16-34(29(38)39)23-9-11-32-12-10-23)28(37)35(26-7-2-1-6-25(26)31)15-5-8-27(36)33-13-3-4-14-33/h1-2,6-7,9-12,18-20H,3-5,8,13-17H2,(H,38,39). The number of halogens is 2. The fourth-order valence-corrected chi connectivity index (χ4v) is 4.78. The van der Waals surface area contributed by atoms with Crippen LogP contribution in [0.25, 0.3) is 0 Å². The van der Waals surface area contributed by atoms with Crippen molar-refractivity contribution in [2.75, 3.05) is 42.6 Å². The first-order valence-corrected chi connectivity index (χ1v) is 13.4. The minimum atomic E-state index is -1.15. The molecule has 0 bridgehead atoms. The minimum absolute atomic E-state index is 0.0154. The molecule has 9 nitrogen and oxygen atoms in total. The molecule has 0 aliphatic carbocycles. The number of para-hydroxylation sites is 1. The SMILES string of the molecule is O=C(CCCN(C(=O)c1cc(Cl)cc(OCCN(C(=O)O)c2ccncc2)c1)c1ccccc1F)N1CCCC1. The third kappa shape index (κ3) is 7.47. The number of aromatic nitrogens is 1. The Morgan fingerprint density at radius 1 is 1.00 bits per heavy atom. The fourth-order valence-electron chi connectivity index (χ4n) is 4.55. The van der Waals surface area contributed by atoms with E-state index in [0.717, 1.165) is 30.8 Å². The Balaban J connectivity index is 1.47. The van der Waals surface area contributed by atoms with Gasteiger partial charge >= 0.3 is 6.09 Å². The number of anilines is 2. The van der Waals surface area contributed by atoms with Crippen molar-refractivity contribution in [3.8, 4) is 5.75 Å². The summed E-state index contributed by atoms with van der Waals surface area (Å²) in [5.74, 6) is -0.784. The van der Waals surface area contributed by atoms with Crippen LogP contribution in [0, 0.1) is 5.82 Å². The Labute approximate surface area is 236 Å². The van der Waals surface area contributed by atoms with E-state index in [4.69, 9.17) is 16.3 Å². The molecule has 0 atom stereocenters. The van der Waals surface area contributed by atoms with Crippen molar-refractivity contribution in [2.45, 2.75) is 25.7 Å². The molecule has 1 aliphatic rings. The maximum Gasteiger partial charge on any atom is 0.411 e. The van der Waals surface area contributed by atoms with Gasteiger partial charge in [-0.05, 0) is 61.7 Å². The van der Waals surface area contributed by atoms with E-state index in [-0.39, 0.29) is 54.0 Å². The number of ether oxygens (including phenoxy) is 1. The van der Waals surface area contributed by atoms with E-state index in [0.29, 0.717) is 12.1 Å². The van der Waals surface area contributed by atoms with Crippen LogP contribution in [-0.2, 0) is 4.79 Å². The van der Waals surface area contributed by atoms with Gasteiger partial charge in [0.25, 0.3) is 5.91 Å². The lowest BCUT2D eigenvalue weighted by Crippen LogP contribution is -2.34. The Kier molecular flexibility index (Phi) is 9.91. The van der Waals surface area contributed by atoms with Crippen molar-refractivity contribution >= 4 is 40.9 Å². The molecule has 210 valence electrons. The number of carbonyl (C=O) groups excluding carboxylic acids is 2. The second kappa shape index (κ2) is 13.7. The number of carbonyl (C=O) groups is 3. The van der Waals surface area contributed by atoms with Crippen LogP contribution in [0.15, 0.2) is 67.0 Å². The van der Waals surface area contributed by atoms with Gasteiger partial charge in [-0.15, -0.1) is 0 Å². The largest absolute Gasteiger partial charge is 0.492 e. The van der Waals surface area contributed by atoms with Crippen molar-refractivity contribution in [1.29, 1.82) is 0 Å². The quantitative estimate of drug-likeness (QED) is 0.328. The van der Waals surface area contributed by atoms with Gasteiger partial charge in [0.2, 0.25) is 5.91 Å². The molecule has 1 aliphatic heterocycles. The molecule has 0 spiro atoms. The Hall–Kier alpha value is -4.18. The van der Waals surface area contributed by atoms with Gasteiger partial charge in [-0.3, -0.25) is 19.5 Å². The summed E-state index contributed by atoms with van der Waals surface area (Å²) in [6.45, 7) is 1.61. The molecule has 0 radical (unpaired) electrons. The predicted octanol–water partition coefficient (Wildman–Crippen LogP) is 5.49. The first-order chi connectivity index (χ1) is 19.3. The third-order valence-electron chi connectivity index (χ3n) is 6.53. The van der Waals surface area contributed by atoms with Crippen LogP contribution in [0.5, 0.6) is 5.75 Å². The van der Waals surface area contributed by atoms with E-state index in [1.165, 1.54) is 53.7 Å². The van der Waals surface area contributed by atoms with Crippen LogP contribution >= 0.6 is 11.6 Å². The fraction of sp³-hybridized carbons (Fsp3) is 0.310. The van der Waals surface area contributed by atoms with Crippen LogP contribution in [-0.4, -0.2) is 65.7 Å². The van der Waals surface area contributed by atoms with Gasteiger partial charge in [0.15, 0.2) is 0 Å². The smallest absolute Gasteiger partial charge is 0.411 e. The Morgan fingerprint density at radius 3 is 2.42 bits per heavy atom. The number of hydrogen-bond acceptors (Lipinski definition) is 5. The number of pyridine rings is 1. The first kappa shape index (κ1) is 28.8. The van der Waals surface area contributed by atoms with E-state index < -0.39 is 17.8 Å². The van der Waals surface area contributed by atoms with Crippen molar-refractivity contribution in [2.24, 2.45) is 0 Å². The highest BCUT2D eigenvalue weighted by Gasteiger charge is 2.23. The summed E-state index contributed by atoms with van der Waals surface area (Å²) in [7, 11) is 0. The van der Waals surface area contributed by atoms with Crippen LogP contribution in [0.2, 0.25) is 5.02 Å². The Bertz CT molecular complexity index is 1340. The molecule has 0 unspecified atom stereocenters. The van der Waals surface area contributed by atoms with Crippen LogP contribution in [0.1, 0.15) is 36.0 Å².